The van der Waals surface area contributed by atoms with Crippen LogP contribution < -0.4 is 5.73 Å². The summed E-state index contributed by atoms with van der Waals surface area (Å²) in [5.41, 5.74) is 6.10. The highest BCUT2D eigenvalue weighted by molar-refractivity contribution is 9.11. The maximum absolute atomic E-state index is 11.5. The molecule has 2 atom stereocenters. The smallest absolute Gasteiger partial charge is 0.175 e. The van der Waals surface area contributed by atoms with Gasteiger partial charge in [0.25, 0.3) is 0 Å². The molecule has 0 bridgehead atoms. The fraction of sp³-hybridized carbons (Fsp3) is 0.286. The number of nitrogens with two attached hydrogens (primary N) is 1. The molecule has 0 spiro atoms. The van der Waals surface area contributed by atoms with Crippen LogP contribution in [0.25, 0.3) is 0 Å². The normalized spacial score (nSPS) is 14.9. The van der Waals surface area contributed by atoms with Crippen LogP contribution in [0.5, 0.6) is 0 Å². The molecule has 1 aromatic carbocycles. The standard InChI is InChI=1S/C14H16BrNO2S3/c1-9(16)14(12-7-8-13(15)20-12)19-10-3-5-11(6-4-10)21(2,17)18/h3-9,14H,16H2,1-2H3. The maximum Gasteiger partial charge on any atom is 0.175 e. The summed E-state index contributed by atoms with van der Waals surface area (Å²) in [6, 6.07) is 11.0. The first-order chi connectivity index (χ1) is 9.77. The molecule has 7 heteroatoms. The molecule has 114 valence electrons. The predicted molar refractivity (Wildman–Crippen MR) is 93.8 cm³/mol. The summed E-state index contributed by atoms with van der Waals surface area (Å²) in [7, 11) is -3.15. The Morgan fingerprint density at radius 1 is 1.19 bits per heavy atom. The molecular weight excluding hydrogens is 390 g/mol. The summed E-state index contributed by atoms with van der Waals surface area (Å²) in [5.74, 6) is 0. The second-order valence-electron chi connectivity index (χ2n) is 4.78. The number of hydrogen-bond acceptors (Lipinski definition) is 5. The van der Waals surface area contributed by atoms with Crippen LogP contribution >= 0.6 is 39.0 Å². The highest BCUT2D eigenvalue weighted by Crippen LogP contribution is 2.41. The van der Waals surface area contributed by atoms with E-state index in [0.29, 0.717) is 4.90 Å². The Balaban J connectivity index is 2.22. The summed E-state index contributed by atoms with van der Waals surface area (Å²) in [6.07, 6.45) is 1.21. The van der Waals surface area contributed by atoms with Crippen LogP contribution in [0, 0.1) is 0 Å². The topological polar surface area (TPSA) is 60.2 Å². The zero-order valence-electron chi connectivity index (χ0n) is 11.6. The fourth-order valence-corrected chi connectivity index (χ4v) is 5.25. The molecule has 0 amide bonds. The molecule has 0 saturated carbocycles. The minimum absolute atomic E-state index is 0.00451. The van der Waals surface area contributed by atoms with Crippen LogP contribution in [-0.2, 0) is 9.84 Å². The van der Waals surface area contributed by atoms with Gasteiger partial charge in [0.1, 0.15) is 0 Å². The number of hydrogen-bond donors (Lipinski definition) is 1. The first kappa shape index (κ1) is 17.0. The number of sulfone groups is 1. The van der Waals surface area contributed by atoms with Gasteiger partial charge in [-0.05, 0) is 59.3 Å². The van der Waals surface area contributed by atoms with Crippen molar-refractivity contribution in [2.24, 2.45) is 5.73 Å². The van der Waals surface area contributed by atoms with Crippen LogP contribution in [0.15, 0.2) is 50.0 Å². The summed E-state index contributed by atoms with van der Waals surface area (Å²) in [6.45, 7) is 1.98. The Kier molecular flexibility index (Phi) is 5.54. The zero-order valence-corrected chi connectivity index (χ0v) is 15.7. The summed E-state index contributed by atoms with van der Waals surface area (Å²) in [4.78, 5) is 2.55. The van der Waals surface area contributed by atoms with Gasteiger partial charge in [-0.3, -0.25) is 0 Å². The lowest BCUT2D eigenvalue weighted by atomic mass is 10.2. The Labute approximate surface area is 142 Å². The Bertz CT molecular complexity index is 708. The minimum Gasteiger partial charge on any atom is -0.327 e. The van der Waals surface area contributed by atoms with E-state index in [1.807, 2.05) is 25.1 Å². The van der Waals surface area contributed by atoms with Gasteiger partial charge in [-0.1, -0.05) is 0 Å². The Morgan fingerprint density at radius 2 is 1.81 bits per heavy atom. The van der Waals surface area contributed by atoms with Crippen LogP contribution in [-0.4, -0.2) is 20.7 Å². The van der Waals surface area contributed by atoms with E-state index >= 15 is 0 Å². The third-order valence-corrected chi connectivity index (χ3v) is 7.33. The molecule has 0 radical (unpaired) electrons. The fourth-order valence-electron chi connectivity index (χ4n) is 1.82. The van der Waals surface area contributed by atoms with Gasteiger partial charge in [-0.25, -0.2) is 8.42 Å². The number of rotatable bonds is 5. The molecule has 0 saturated heterocycles. The van der Waals surface area contributed by atoms with Crippen molar-refractivity contribution in [1.82, 2.24) is 0 Å². The van der Waals surface area contributed by atoms with Gasteiger partial charge in [-0.15, -0.1) is 23.1 Å². The first-order valence-electron chi connectivity index (χ1n) is 6.25. The van der Waals surface area contributed by atoms with E-state index in [1.165, 1.54) is 11.1 Å². The molecule has 0 fully saturated rings. The molecule has 3 nitrogen and oxygen atoms in total. The van der Waals surface area contributed by atoms with Gasteiger partial charge >= 0.3 is 0 Å². The second-order valence-corrected chi connectivity index (χ2v) is 10.5. The third kappa shape index (κ3) is 4.56. The number of halogens is 1. The van der Waals surface area contributed by atoms with E-state index in [2.05, 4.69) is 22.0 Å². The third-order valence-electron chi connectivity index (χ3n) is 2.87. The molecule has 2 rings (SSSR count). The zero-order chi connectivity index (χ0) is 15.6. The lowest BCUT2D eigenvalue weighted by Gasteiger charge is -2.19. The van der Waals surface area contributed by atoms with Gasteiger partial charge < -0.3 is 5.73 Å². The molecule has 0 aliphatic rings. The Hall–Kier alpha value is -0.340. The molecule has 2 unspecified atom stereocenters. The van der Waals surface area contributed by atoms with Crippen molar-refractivity contribution >= 4 is 48.9 Å². The van der Waals surface area contributed by atoms with Crippen LogP contribution in [0.2, 0.25) is 0 Å². The summed E-state index contributed by atoms with van der Waals surface area (Å²) < 4.78 is 24.0. The summed E-state index contributed by atoms with van der Waals surface area (Å²) in [5, 5.41) is 0.144. The molecule has 0 aliphatic carbocycles. The molecule has 1 aromatic heterocycles. The molecule has 1 heterocycles. The Morgan fingerprint density at radius 3 is 2.24 bits per heavy atom. The van der Waals surface area contributed by atoms with E-state index in [-0.39, 0.29) is 11.3 Å². The largest absolute Gasteiger partial charge is 0.327 e. The van der Waals surface area contributed by atoms with E-state index in [1.54, 1.807) is 35.2 Å². The lowest BCUT2D eigenvalue weighted by Crippen LogP contribution is -2.21. The van der Waals surface area contributed by atoms with Gasteiger partial charge in [0.15, 0.2) is 9.84 Å². The molecule has 2 N–H and O–H groups in total. The molecule has 2 aromatic rings. The van der Waals surface area contributed by atoms with Crippen LogP contribution in [0.1, 0.15) is 17.1 Å². The van der Waals surface area contributed by atoms with Gasteiger partial charge in [-0.2, -0.15) is 0 Å². The summed E-state index contributed by atoms with van der Waals surface area (Å²) >= 11 is 6.79. The van der Waals surface area contributed by atoms with Crippen molar-refractivity contribution in [1.29, 1.82) is 0 Å². The molecular formula is C14H16BrNO2S3. The minimum atomic E-state index is -3.15. The average Bonchev–Trinajstić information content (AvgIpc) is 2.81. The van der Waals surface area contributed by atoms with E-state index in [0.717, 1.165) is 8.68 Å². The van der Waals surface area contributed by atoms with Crippen LogP contribution in [0.3, 0.4) is 0 Å². The van der Waals surface area contributed by atoms with Crippen molar-refractivity contribution in [3.63, 3.8) is 0 Å². The number of benzene rings is 1. The average molecular weight is 406 g/mol. The first-order valence-corrected chi connectivity index (χ1v) is 10.6. The SMILES string of the molecule is CC(N)C(Sc1ccc(S(C)(=O)=O)cc1)c1ccc(Br)s1. The van der Waals surface area contributed by atoms with Crippen molar-refractivity contribution in [3.8, 4) is 0 Å². The monoisotopic (exact) mass is 405 g/mol. The molecule has 0 aliphatic heterocycles. The van der Waals surface area contributed by atoms with E-state index in [9.17, 15) is 8.42 Å². The van der Waals surface area contributed by atoms with Crippen LogP contribution in [0.4, 0.5) is 0 Å². The van der Waals surface area contributed by atoms with Crippen molar-refractivity contribution in [2.45, 2.75) is 28.0 Å². The highest BCUT2D eigenvalue weighted by Gasteiger charge is 2.20. The maximum atomic E-state index is 11.5. The van der Waals surface area contributed by atoms with E-state index in [4.69, 9.17) is 5.73 Å². The van der Waals surface area contributed by atoms with Gasteiger partial charge in [0.2, 0.25) is 0 Å². The van der Waals surface area contributed by atoms with Crippen molar-refractivity contribution in [2.75, 3.05) is 6.26 Å². The van der Waals surface area contributed by atoms with Crippen molar-refractivity contribution in [3.05, 3.63) is 45.1 Å². The quantitative estimate of drug-likeness (QED) is 0.760. The van der Waals surface area contributed by atoms with Gasteiger partial charge in [0.05, 0.1) is 13.9 Å². The lowest BCUT2D eigenvalue weighted by molar-refractivity contribution is 0.602. The van der Waals surface area contributed by atoms with Crippen molar-refractivity contribution < 1.29 is 8.42 Å². The highest BCUT2D eigenvalue weighted by atomic mass is 79.9. The van der Waals surface area contributed by atoms with E-state index < -0.39 is 9.84 Å². The molecule has 21 heavy (non-hydrogen) atoms. The van der Waals surface area contributed by atoms with Gasteiger partial charge in [0, 0.05) is 22.1 Å². The predicted octanol–water partition coefficient (Wildman–Crippen LogP) is 4.09. The second kappa shape index (κ2) is 6.83. The number of thioether (sulfide) groups is 1. The number of thiophene rings is 1.